The largest absolute Gasteiger partial charge is 0.341 e. The number of hydrogen-bond acceptors (Lipinski definition) is 4. The monoisotopic (exact) mass is 414 g/mol. The van der Waals surface area contributed by atoms with Crippen LogP contribution in [0.3, 0.4) is 0 Å². The number of nitrogens with one attached hydrogen (secondary N) is 2. The van der Waals surface area contributed by atoms with Gasteiger partial charge in [0, 0.05) is 29.9 Å². The lowest BCUT2D eigenvalue weighted by Gasteiger charge is -2.13. The van der Waals surface area contributed by atoms with Crippen molar-refractivity contribution in [3.05, 3.63) is 58.5 Å². The average Bonchev–Trinajstić information content (AvgIpc) is 2.70. The van der Waals surface area contributed by atoms with Crippen LogP contribution in [0, 0.1) is 0 Å². The van der Waals surface area contributed by atoms with Gasteiger partial charge in [-0.2, -0.15) is 0 Å². The molecule has 3 rings (SSSR count). The van der Waals surface area contributed by atoms with Crippen LogP contribution in [0.15, 0.2) is 47.5 Å². The van der Waals surface area contributed by atoms with Crippen LogP contribution in [0.25, 0.3) is 22.0 Å². The molecule has 30 heavy (non-hydrogen) atoms. The second kappa shape index (κ2) is 8.81. The molecule has 3 aromatic rings. The summed E-state index contributed by atoms with van der Waals surface area (Å²) >= 11 is 0. The number of ketones is 1. The average molecular weight is 414 g/mol. The van der Waals surface area contributed by atoms with Crippen molar-refractivity contribution in [2.45, 2.75) is 26.8 Å². The van der Waals surface area contributed by atoms with Crippen molar-refractivity contribution in [2.24, 2.45) is 0 Å². The van der Waals surface area contributed by atoms with Crippen molar-refractivity contribution < 1.29 is 18.4 Å². The summed E-state index contributed by atoms with van der Waals surface area (Å²) < 4.78 is 27.2. The number of pyridine rings is 2. The third kappa shape index (κ3) is 4.51. The van der Waals surface area contributed by atoms with E-state index in [-0.39, 0.29) is 17.0 Å². The second-order valence-electron chi connectivity index (χ2n) is 6.62. The number of fused-ring (bicyclic) bond motifs is 1. The third-order valence-electron chi connectivity index (χ3n) is 4.47. The molecule has 0 aliphatic heterocycles. The molecule has 0 unspecified atom stereocenters. The van der Waals surface area contributed by atoms with Gasteiger partial charge in [0.2, 0.25) is 0 Å². The third-order valence-corrected chi connectivity index (χ3v) is 4.47. The molecule has 0 spiro atoms. The molecular formula is C21H20F2N4O3. The summed E-state index contributed by atoms with van der Waals surface area (Å²) in [5.74, 6) is -0.138. The number of hydrogen-bond donors (Lipinski definition) is 2. The highest BCUT2D eigenvalue weighted by Crippen LogP contribution is 2.24. The first kappa shape index (κ1) is 21.1. The molecule has 2 N–H and O–H groups in total. The number of amides is 2. The Kier molecular flexibility index (Phi) is 6.20. The van der Waals surface area contributed by atoms with Crippen LogP contribution < -0.4 is 16.1 Å². The summed E-state index contributed by atoms with van der Waals surface area (Å²) in [6.07, 6.45) is 0.0709. The standard InChI is InChI=1S/C21H20F2N4O3/c1-3-24-21(30)26-19-7-5-14(9-25-19)13-4-6-17-15(8-13)20(29)16(12(2)28)10-27(17)11-18(22)23/h4-10,18H,3,11H2,1-2H3,(H2,24,25,26,30). The number of rotatable bonds is 6. The Morgan fingerprint density at radius 2 is 1.90 bits per heavy atom. The molecule has 0 aliphatic rings. The van der Waals surface area contributed by atoms with E-state index in [1.165, 1.54) is 23.9 Å². The van der Waals surface area contributed by atoms with Crippen molar-refractivity contribution in [1.29, 1.82) is 0 Å². The zero-order valence-electron chi connectivity index (χ0n) is 16.4. The molecule has 0 radical (unpaired) electrons. The highest BCUT2D eigenvalue weighted by molar-refractivity contribution is 5.98. The van der Waals surface area contributed by atoms with Crippen molar-refractivity contribution in [3.63, 3.8) is 0 Å². The Labute approximate surface area is 170 Å². The number of benzene rings is 1. The zero-order valence-corrected chi connectivity index (χ0v) is 16.4. The quantitative estimate of drug-likeness (QED) is 0.602. The van der Waals surface area contributed by atoms with Gasteiger partial charge in [0.15, 0.2) is 11.2 Å². The maximum Gasteiger partial charge on any atom is 0.320 e. The number of halogens is 2. The van der Waals surface area contributed by atoms with Crippen molar-refractivity contribution in [1.82, 2.24) is 14.9 Å². The Bertz CT molecular complexity index is 1160. The molecule has 0 saturated heterocycles. The van der Waals surface area contributed by atoms with Gasteiger partial charge in [-0.15, -0.1) is 0 Å². The summed E-state index contributed by atoms with van der Waals surface area (Å²) in [4.78, 5) is 40.3. The molecule has 0 aliphatic carbocycles. The Morgan fingerprint density at radius 3 is 2.50 bits per heavy atom. The summed E-state index contributed by atoms with van der Waals surface area (Å²) in [6, 6.07) is 7.75. The Hall–Kier alpha value is -3.62. The van der Waals surface area contributed by atoms with Crippen LogP contribution in [0.1, 0.15) is 24.2 Å². The first-order chi connectivity index (χ1) is 14.3. The van der Waals surface area contributed by atoms with Crippen LogP contribution >= 0.6 is 0 Å². The molecule has 9 heteroatoms. The molecule has 1 aromatic carbocycles. The SMILES string of the molecule is CCNC(=O)Nc1ccc(-c2ccc3c(c2)c(=O)c(C(C)=O)cn3CC(F)F)cn1. The minimum atomic E-state index is -2.63. The van der Waals surface area contributed by atoms with Gasteiger partial charge in [-0.3, -0.25) is 14.9 Å². The highest BCUT2D eigenvalue weighted by Gasteiger charge is 2.15. The molecule has 7 nitrogen and oxygen atoms in total. The zero-order chi connectivity index (χ0) is 21.8. The van der Waals surface area contributed by atoms with Gasteiger partial charge in [-0.1, -0.05) is 6.07 Å². The maximum absolute atomic E-state index is 13.0. The molecular weight excluding hydrogens is 394 g/mol. The summed E-state index contributed by atoms with van der Waals surface area (Å²) in [5.41, 5.74) is 0.955. The first-order valence-electron chi connectivity index (χ1n) is 9.27. The van der Waals surface area contributed by atoms with E-state index < -0.39 is 24.2 Å². The number of carbonyl (C=O) groups is 2. The number of aromatic nitrogens is 2. The van der Waals surface area contributed by atoms with Gasteiger partial charge < -0.3 is 9.88 Å². The van der Waals surface area contributed by atoms with Gasteiger partial charge in [-0.25, -0.2) is 18.6 Å². The minimum absolute atomic E-state index is 0.139. The fourth-order valence-corrected chi connectivity index (χ4v) is 3.09. The van der Waals surface area contributed by atoms with Crippen LogP contribution in [-0.2, 0) is 6.54 Å². The fraction of sp³-hybridized carbons (Fsp3) is 0.238. The lowest BCUT2D eigenvalue weighted by Crippen LogP contribution is -2.28. The van der Waals surface area contributed by atoms with Crippen LogP contribution in [0.5, 0.6) is 0 Å². The molecule has 0 bridgehead atoms. The fourth-order valence-electron chi connectivity index (χ4n) is 3.09. The first-order valence-corrected chi connectivity index (χ1v) is 9.27. The van der Waals surface area contributed by atoms with E-state index in [0.29, 0.717) is 29.0 Å². The lowest BCUT2D eigenvalue weighted by atomic mass is 10.0. The summed E-state index contributed by atoms with van der Waals surface area (Å²) in [5, 5.41) is 5.35. The number of nitrogens with zero attached hydrogens (tertiary/aromatic N) is 2. The van der Waals surface area contributed by atoms with Crippen molar-refractivity contribution in [2.75, 3.05) is 11.9 Å². The van der Waals surface area contributed by atoms with E-state index in [1.54, 1.807) is 37.3 Å². The van der Waals surface area contributed by atoms with Crippen LogP contribution in [0.4, 0.5) is 19.4 Å². The predicted octanol–water partition coefficient (Wildman–Crippen LogP) is 3.67. The van der Waals surface area contributed by atoms with E-state index in [2.05, 4.69) is 15.6 Å². The van der Waals surface area contributed by atoms with E-state index in [9.17, 15) is 23.2 Å². The highest BCUT2D eigenvalue weighted by atomic mass is 19.3. The Balaban J connectivity index is 2.04. The molecule has 0 fully saturated rings. The van der Waals surface area contributed by atoms with E-state index >= 15 is 0 Å². The predicted molar refractivity (Wildman–Crippen MR) is 110 cm³/mol. The molecule has 2 aromatic heterocycles. The topological polar surface area (TPSA) is 93.1 Å². The number of Topliss-reactive ketones (excluding diaryl/α,β-unsaturated/α-hetero) is 1. The summed E-state index contributed by atoms with van der Waals surface area (Å²) in [7, 11) is 0. The van der Waals surface area contributed by atoms with Gasteiger partial charge in [0.25, 0.3) is 6.43 Å². The molecule has 156 valence electrons. The molecule has 2 heterocycles. The number of urea groups is 1. The van der Waals surface area contributed by atoms with E-state index in [4.69, 9.17) is 0 Å². The van der Waals surface area contributed by atoms with Gasteiger partial charge in [-0.05, 0) is 43.7 Å². The van der Waals surface area contributed by atoms with E-state index in [1.807, 2.05) is 0 Å². The second-order valence-corrected chi connectivity index (χ2v) is 6.62. The van der Waals surface area contributed by atoms with E-state index in [0.717, 1.165) is 0 Å². The lowest BCUT2D eigenvalue weighted by molar-refractivity contribution is 0.101. The minimum Gasteiger partial charge on any atom is -0.341 e. The smallest absolute Gasteiger partial charge is 0.320 e. The normalized spacial score (nSPS) is 11.0. The number of carbonyl (C=O) groups excluding carboxylic acids is 2. The molecule has 2 amide bonds. The number of alkyl halides is 2. The van der Waals surface area contributed by atoms with Crippen LogP contribution in [-0.4, -0.2) is 34.3 Å². The van der Waals surface area contributed by atoms with Gasteiger partial charge in [0.05, 0.1) is 17.6 Å². The van der Waals surface area contributed by atoms with Crippen LogP contribution in [0.2, 0.25) is 0 Å². The van der Waals surface area contributed by atoms with Crippen molar-refractivity contribution in [3.8, 4) is 11.1 Å². The molecule has 0 atom stereocenters. The maximum atomic E-state index is 13.0. The van der Waals surface area contributed by atoms with Gasteiger partial charge >= 0.3 is 6.03 Å². The molecule has 0 saturated carbocycles. The number of anilines is 1. The van der Waals surface area contributed by atoms with Gasteiger partial charge in [0.1, 0.15) is 5.82 Å². The van der Waals surface area contributed by atoms with Crippen molar-refractivity contribution >= 4 is 28.5 Å². The Morgan fingerprint density at radius 1 is 1.17 bits per heavy atom. The summed E-state index contributed by atoms with van der Waals surface area (Å²) in [6.45, 7) is 2.87.